The minimum absolute atomic E-state index is 0.0538. The Bertz CT molecular complexity index is 505. The third kappa shape index (κ3) is 4.47. The first kappa shape index (κ1) is 15.3. The standard InChI is InChI=1S/C14H20N2O5/c1-10-7-12(16-21-10)20-9-11(17)15-14(8-13(18)19)5-3-2-4-6-14/h7H,2-6,8-9H2,1H3,(H,15,17)(H,18,19). The molecule has 0 saturated heterocycles. The van der Waals surface area contributed by atoms with Crippen molar-refractivity contribution in [2.75, 3.05) is 6.61 Å². The summed E-state index contributed by atoms with van der Waals surface area (Å²) in [6.45, 7) is 1.52. The van der Waals surface area contributed by atoms with E-state index in [0.717, 1.165) is 19.3 Å². The van der Waals surface area contributed by atoms with Crippen molar-refractivity contribution in [1.29, 1.82) is 0 Å². The lowest BCUT2D eigenvalue weighted by molar-refractivity contribution is -0.139. The van der Waals surface area contributed by atoms with E-state index in [2.05, 4.69) is 10.5 Å². The highest BCUT2D eigenvalue weighted by Crippen LogP contribution is 2.31. The van der Waals surface area contributed by atoms with E-state index in [1.54, 1.807) is 13.0 Å². The summed E-state index contributed by atoms with van der Waals surface area (Å²) in [6.07, 6.45) is 4.25. The smallest absolute Gasteiger partial charge is 0.305 e. The Hall–Kier alpha value is -2.05. The molecule has 0 atom stereocenters. The molecule has 0 bridgehead atoms. The summed E-state index contributed by atoms with van der Waals surface area (Å²) in [4.78, 5) is 23.0. The van der Waals surface area contributed by atoms with Crippen molar-refractivity contribution in [3.63, 3.8) is 0 Å². The number of carbonyl (C=O) groups excluding carboxylic acids is 1. The number of nitrogens with zero attached hydrogens (tertiary/aromatic N) is 1. The third-order valence-corrected chi connectivity index (χ3v) is 3.66. The number of amides is 1. The van der Waals surface area contributed by atoms with Crippen molar-refractivity contribution >= 4 is 11.9 Å². The van der Waals surface area contributed by atoms with Gasteiger partial charge >= 0.3 is 5.97 Å². The van der Waals surface area contributed by atoms with E-state index in [9.17, 15) is 9.59 Å². The van der Waals surface area contributed by atoms with Crippen molar-refractivity contribution < 1.29 is 24.0 Å². The van der Waals surface area contributed by atoms with Crippen molar-refractivity contribution in [1.82, 2.24) is 10.5 Å². The lowest BCUT2D eigenvalue weighted by atomic mass is 9.79. The van der Waals surface area contributed by atoms with Gasteiger partial charge in [-0.2, -0.15) is 0 Å². The maximum atomic E-state index is 12.0. The molecule has 1 saturated carbocycles. The van der Waals surface area contributed by atoms with Crippen molar-refractivity contribution in [3.8, 4) is 5.88 Å². The Morgan fingerprint density at radius 1 is 1.43 bits per heavy atom. The van der Waals surface area contributed by atoms with E-state index in [1.807, 2.05) is 0 Å². The Labute approximate surface area is 122 Å². The van der Waals surface area contributed by atoms with Crippen LogP contribution in [0.1, 0.15) is 44.3 Å². The van der Waals surface area contributed by atoms with Gasteiger partial charge in [0, 0.05) is 6.07 Å². The fourth-order valence-electron chi connectivity index (χ4n) is 2.75. The van der Waals surface area contributed by atoms with Gasteiger partial charge in [0.15, 0.2) is 6.61 Å². The molecule has 1 aromatic heterocycles. The van der Waals surface area contributed by atoms with Gasteiger partial charge in [-0.05, 0) is 24.9 Å². The second-order valence-electron chi connectivity index (χ2n) is 5.52. The van der Waals surface area contributed by atoms with Crippen LogP contribution in [0.5, 0.6) is 5.88 Å². The molecule has 21 heavy (non-hydrogen) atoms. The Morgan fingerprint density at radius 2 is 2.14 bits per heavy atom. The fourth-order valence-corrected chi connectivity index (χ4v) is 2.75. The predicted octanol–water partition coefficient (Wildman–Crippen LogP) is 1.66. The monoisotopic (exact) mass is 296 g/mol. The van der Waals surface area contributed by atoms with E-state index < -0.39 is 11.5 Å². The van der Waals surface area contributed by atoms with Gasteiger partial charge in [-0.1, -0.05) is 19.3 Å². The zero-order valence-corrected chi connectivity index (χ0v) is 12.1. The lowest BCUT2D eigenvalue weighted by Crippen LogP contribution is -2.52. The van der Waals surface area contributed by atoms with Crippen LogP contribution in [0.2, 0.25) is 0 Å². The largest absolute Gasteiger partial charge is 0.481 e. The van der Waals surface area contributed by atoms with Crippen LogP contribution < -0.4 is 10.1 Å². The molecule has 2 N–H and O–H groups in total. The van der Waals surface area contributed by atoms with Gasteiger partial charge in [0.05, 0.1) is 12.0 Å². The minimum atomic E-state index is -0.898. The molecule has 1 aliphatic rings. The third-order valence-electron chi connectivity index (χ3n) is 3.66. The first-order chi connectivity index (χ1) is 9.99. The average molecular weight is 296 g/mol. The van der Waals surface area contributed by atoms with Crippen LogP contribution in [0, 0.1) is 6.92 Å². The summed E-state index contributed by atoms with van der Waals surface area (Å²) in [6, 6.07) is 1.58. The number of aliphatic carboxylic acids is 1. The summed E-state index contributed by atoms with van der Waals surface area (Å²) in [5.74, 6) is -0.386. The summed E-state index contributed by atoms with van der Waals surface area (Å²) in [5.41, 5.74) is -0.649. The van der Waals surface area contributed by atoms with Gasteiger partial charge in [-0.15, -0.1) is 0 Å². The minimum Gasteiger partial charge on any atom is -0.481 e. The zero-order valence-electron chi connectivity index (χ0n) is 12.1. The number of aromatic nitrogens is 1. The van der Waals surface area contributed by atoms with Gasteiger partial charge in [0.1, 0.15) is 5.76 Å². The van der Waals surface area contributed by atoms with Crippen LogP contribution in [0.4, 0.5) is 0 Å². The number of hydrogen-bond acceptors (Lipinski definition) is 5. The molecule has 1 aromatic rings. The first-order valence-electron chi connectivity index (χ1n) is 7.08. The van der Waals surface area contributed by atoms with Gasteiger partial charge in [-0.25, -0.2) is 0 Å². The zero-order chi connectivity index (χ0) is 15.3. The molecule has 0 aromatic carbocycles. The number of hydrogen-bond donors (Lipinski definition) is 2. The molecule has 0 aliphatic heterocycles. The highest BCUT2D eigenvalue weighted by atomic mass is 16.5. The number of nitrogens with one attached hydrogen (secondary N) is 1. The molecule has 1 aliphatic carbocycles. The molecule has 2 rings (SSSR count). The van der Waals surface area contributed by atoms with Crippen LogP contribution in [-0.2, 0) is 9.59 Å². The summed E-state index contributed by atoms with van der Waals surface area (Å²) < 4.78 is 10.1. The summed E-state index contributed by atoms with van der Waals surface area (Å²) in [7, 11) is 0. The second-order valence-corrected chi connectivity index (χ2v) is 5.52. The normalized spacial score (nSPS) is 17.2. The van der Waals surface area contributed by atoms with Crippen LogP contribution in [-0.4, -0.2) is 34.3 Å². The predicted molar refractivity (Wildman–Crippen MR) is 72.9 cm³/mol. The van der Waals surface area contributed by atoms with E-state index >= 15 is 0 Å². The Balaban J connectivity index is 1.89. The molecule has 0 spiro atoms. The molecule has 0 radical (unpaired) electrons. The molecular weight excluding hydrogens is 276 g/mol. The summed E-state index contributed by atoms with van der Waals surface area (Å²) in [5, 5.41) is 15.5. The molecular formula is C14H20N2O5. The quantitative estimate of drug-likeness (QED) is 0.827. The van der Waals surface area contributed by atoms with Crippen LogP contribution >= 0.6 is 0 Å². The fraction of sp³-hybridized carbons (Fsp3) is 0.643. The van der Waals surface area contributed by atoms with E-state index in [0.29, 0.717) is 18.6 Å². The van der Waals surface area contributed by atoms with E-state index in [-0.39, 0.29) is 24.8 Å². The number of ether oxygens (including phenoxy) is 1. The van der Waals surface area contributed by atoms with Gasteiger partial charge < -0.3 is 19.7 Å². The molecule has 0 unspecified atom stereocenters. The van der Waals surface area contributed by atoms with Crippen LogP contribution in [0.3, 0.4) is 0 Å². The maximum Gasteiger partial charge on any atom is 0.305 e. The average Bonchev–Trinajstić information content (AvgIpc) is 2.82. The Kier molecular flexibility index (Phi) is 4.82. The first-order valence-corrected chi connectivity index (χ1v) is 7.08. The lowest BCUT2D eigenvalue weighted by Gasteiger charge is -2.36. The number of carboxylic acid groups (broad SMARTS) is 1. The van der Waals surface area contributed by atoms with Crippen molar-refractivity contribution in [3.05, 3.63) is 11.8 Å². The number of carboxylic acids is 1. The Morgan fingerprint density at radius 3 is 2.71 bits per heavy atom. The van der Waals surface area contributed by atoms with E-state index in [4.69, 9.17) is 14.4 Å². The van der Waals surface area contributed by atoms with Gasteiger partial charge in [0.25, 0.3) is 11.8 Å². The number of carbonyl (C=O) groups is 2. The van der Waals surface area contributed by atoms with Crippen molar-refractivity contribution in [2.24, 2.45) is 0 Å². The number of aryl methyl sites for hydroxylation is 1. The molecule has 1 fully saturated rings. The number of rotatable bonds is 6. The molecule has 1 heterocycles. The van der Waals surface area contributed by atoms with Gasteiger partial charge in [-0.3, -0.25) is 9.59 Å². The van der Waals surface area contributed by atoms with E-state index in [1.165, 1.54) is 0 Å². The molecule has 7 heteroatoms. The highest BCUT2D eigenvalue weighted by molar-refractivity contribution is 5.79. The second kappa shape index (κ2) is 6.60. The SMILES string of the molecule is Cc1cc(OCC(=O)NC2(CC(=O)O)CCCCC2)no1. The van der Waals surface area contributed by atoms with Crippen LogP contribution in [0.15, 0.2) is 10.6 Å². The van der Waals surface area contributed by atoms with Crippen LogP contribution in [0.25, 0.3) is 0 Å². The summed E-state index contributed by atoms with van der Waals surface area (Å²) >= 11 is 0. The molecule has 7 nitrogen and oxygen atoms in total. The molecule has 1 amide bonds. The topological polar surface area (TPSA) is 102 Å². The maximum absolute atomic E-state index is 12.0. The van der Waals surface area contributed by atoms with Crippen molar-refractivity contribution in [2.45, 2.75) is 51.0 Å². The highest BCUT2D eigenvalue weighted by Gasteiger charge is 2.35. The van der Waals surface area contributed by atoms with Gasteiger partial charge in [0.2, 0.25) is 0 Å². The molecule has 116 valence electrons.